The zero-order valence-corrected chi connectivity index (χ0v) is 55.0. The number of esters is 1. The standard InChI is InChI=1S/C78H86N10O2/c1-50(2)74(89)90-25-23-21-19-17-15-16-18-20-22-24-88-49-71(86-87-88)59-30-51-26-55(38-59)60(44-79)31-52-27-56(39-64(35-52)75(3,4)5)61(45-80)32-53-28-57(40-65(36-53)76(6,7)8)62(46-81)33-54-29-58(41-66(37-54)77(9,10)11)70(48-83)73(85)69-43-67(78(12,13)14)42-68(72(69)84)63(34-51)47-82/h26-43,49H,1,15-25,84-85H2,2-14H3. The normalized spacial score (nSPS) is 13.1. The quantitative estimate of drug-likeness (QED) is 0.0451. The van der Waals surface area contributed by atoms with Crippen LogP contribution >= 0.6 is 0 Å². The van der Waals surface area contributed by atoms with Gasteiger partial charge in [0.25, 0.3) is 0 Å². The highest BCUT2D eigenvalue weighted by Gasteiger charge is 2.26. The second-order valence-corrected chi connectivity index (χ2v) is 27.9. The molecule has 1 aliphatic carbocycles. The topological polar surface area (TPSA) is 228 Å². The minimum absolute atomic E-state index is 0.118. The van der Waals surface area contributed by atoms with Crippen molar-refractivity contribution >= 4 is 69.5 Å². The van der Waals surface area contributed by atoms with Gasteiger partial charge in [0, 0.05) is 34.5 Å². The summed E-state index contributed by atoms with van der Waals surface area (Å²) in [6, 6.07) is 39.7. The van der Waals surface area contributed by atoms with Crippen LogP contribution in [0.2, 0.25) is 0 Å². The number of nitriles is 5. The number of hydrogen-bond donors (Lipinski definition) is 2. The zero-order valence-electron chi connectivity index (χ0n) is 55.0. The van der Waals surface area contributed by atoms with Crippen LogP contribution in [0.3, 0.4) is 0 Å². The predicted molar refractivity (Wildman–Crippen MR) is 368 cm³/mol. The molecule has 6 aromatic rings. The van der Waals surface area contributed by atoms with Gasteiger partial charge in [0.05, 0.1) is 70.6 Å². The van der Waals surface area contributed by atoms with E-state index in [-0.39, 0.29) is 39.3 Å². The summed E-state index contributed by atoms with van der Waals surface area (Å²) >= 11 is 0. The average molecular weight is 1200 g/mol. The molecule has 460 valence electrons. The molecule has 0 radical (unpaired) electrons. The van der Waals surface area contributed by atoms with E-state index in [2.05, 4.69) is 136 Å². The SMILES string of the molecule is C=C(C)C(=O)OCCCCCCCCCCCn1cc(-c2cc3cc(c2)C(C#N)=Cc2cc(cc(C(C)(C)C)c2)C(C#N)=Cc2cc(cc(C(C)(C)C)c2)C(C#N)=Cc2cc(cc(C(C)(C)C)c2)C(C#N)=C(N)c2cc(C(C)(C)C)cc(c2N)C(C#N)=C3)nn1. The second-order valence-electron chi connectivity index (χ2n) is 27.9. The van der Waals surface area contributed by atoms with Gasteiger partial charge in [-0.1, -0.05) is 158 Å². The molecule has 12 nitrogen and oxygen atoms in total. The second kappa shape index (κ2) is 28.6. The molecule has 1 heterocycles. The number of ether oxygens (including phenoxy) is 1. The van der Waals surface area contributed by atoms with Gasteiger partial charge in [-0.2, -0.15) is 26.3 Å². The van der Waals surface area contributed by atoms with Crippen LogP contribution in [0.5, 0.6) is 0 Å². The molecule has 0 atom stereocenters. The molecule has 90 heavy (non-hydrogen) atoms. The Bertz CT molecular complexity index is 4130. The molecule has 10 bridgehead atoms. The van der Waals surface area contributed by atoms with Crippen LogP contribution < -0.4 is 11.5 Å². The summed E-state index contributed by atoms with van der Waals surface area (Å²) in [6.07, 6.45) is 18.6. The summed E-state index contributed by atoms with van der Waals surface area (Å²) < 4.78 is 7.06. The number of aromatic nitrogens is 3. The van der Waals surface area contributed by atoms with Crippen molar-refractivity contribution in [1.29, 1.82) is 26.3 Å². The molecule has 0 saturated heterocycles. The molecule has 0 amide bonds. The van der Waals surface area contributed by atoms with E-state index in [9.17, 15) is 31.1 Å². The minimum atomic E-state index is -0.473. The van der Waals surface area contributed by atoms with Crippen molar-refractivity contribution in [2.45, 2.75) is 176 Å². The maximum atomic E-state index is 11.6. The number of rotatable bonds is 14. The number of carbonyl (C=O) groups is 1. The first kappa shape index (κ1) is 67.7. The number of nitrogen functional groups attached to an aromatic ring is 1. The lowest BCUT2D eigenvalue weighted by Crippen LogP contribution is -2.15. The summed E-state index contributed by atoms with van der Waals surface area (Å²) in [5.74, 6) is -0.332. The van der Waals surface area contributed by atoms with Crippen LogP contribution in [-0.4, -0.2) is 27.6 Å². The molecular weight excluding hydrogens is 1110 g/mol. The largest absolute Gasteiger partial charge is 0.462 e. The fourth-order valence-electron chi connectivity index (χ4n) is 10.8. The molecule has 12 heteroatoms. The van der Waals surface area contributed by atoms with Crippen molar-refractivity contribution in [3.8, 4) is 41.6 Å². The monoisotopic (exact) mass is 1190 g/mol. The fraction of sp³-hybridized carbons (Fsp3) is 0.359. The molecule has 0 saturated carbocycles. The smallest absolute Gasteiger partial charge is 0.333 e. The summed E-state index contributed by atoms with van der Waals surface area (Å²) in [5.41, 5.74) is 25.9. The number of anilines is 1. The Morgan fingerprint density at radius 1 is 0.478 bits per heavy atom. The number of benzene rings is 5. The van der Waals surface area contributed by atoms with Gasteiger partial charge in [-0.15, -0.1) is 5.10 Å². The van der Waals surface area contributed by atoms with E-state index in [1.54, 1.807) is 13.0 Å². The van der Waals surface area contributed by atoms with E-state index in [0.717, 1.165) is 85.6 Å². The first-order chi connectivity index (χ1) is 42.4. The molecule has 0 aliphatic heterocycles. The Hall–Kier alpha value is -9.80. The van der Waals surface area contributed by atoms with Gasteiger partial charge in [-0.05, 0) is 199 Å². The number of allylic oxidation sites excluding steroid dienone is 5. The average Bonchev–Trinajstić information content (AvgIpc) is 1.08. The van der Waals surface area contributed by atoms with Crippen LogP contribution in [0.1, 0.15) is 226 Å². The molecule has 5 aromatic carbocycles. The number of nitrogens with two attached hydrogens (primary N) is 2. The maximum Gasteiger partial charge on any atom is 0.333 e. The molecule has 1 aromatic heterocycles. The molecule has 0 spiro atoms. The van der Waals surface area contributed by atoms with E-state index in [4.69, 9.17) is 16.2 Å². The van der Waals surface area contributed by atoms with Crippen LogP contribution in [0.15, 0.2) is 103 Å². The van der Waals surface area contributed by atoms with Gasteiger partial charge >= 0.3 is 5.97 Å². The van der Waals surface area contributed by atoms with Crippen LogP contribution in [0.25, 0.3) is 69.1 Å². The molecule has 7 rings (SSSR count). The number of carbonyl (C=O) groups excluding carboxylic acids is 1. The van der Waals surface area contributed by atoms with Gasteiger partial charge in [-0.25, -0.2) is 4.79 Å². The Morgan fingerprint density at radius 3 is 1.30 bits per heavy atom. The van der Waals surface area contributed by atoms with Crippen molar-refractivity contribution in [3.05, 3.63) is 181 Å². The van der Waals surface area contributed by atoms with Crippen molar-refractivity contribution in [2.75, 3.05) is 12.3 Å². The molecule has 4 N–H and O–H groups in total. The van der Waals surface area contributed by atoms with Gasteiger partial charge in [0.2, 0.25) is 0 Å². The number of unbranched alkanes of at least 4 members (excludes halogenated alkanes) is 8. The third-order valence-corrected chi connectivity index (χ3v) is 16.3. The highest BCUT2D eigenvalue weighted by molar-refractivity contribution is 6.04. The lowest BCUT2D eigenvalue weighted by Gasteiger charge is -2.24. The fourth-order valence-corrected chi connectivity index (χ4v) is 10.8. The van der Waals surface area contributed by atoms with E-state index in [1.807, 2.05) is 108 Å². The first-order valence-electron chi connectivity index (χ1n) is 31.1. The van der Waals surface area contributed by atoms with Gasteiger partial charge < -0.3 is 16.2 Å². The lowest BCUT2D eigenvalue weighted by molar-refractivity contribution is -0.139. The predicted octanol–water partition coefficient (Wildman–Crippen LogP) is 18.3. The Morgan fingerprint density at radius 2 is 0.856 bits per heavy atom. The van der Waals surface area contributed by atoms with Crippen LogP contribution in [-0.2, 0) is 37.7 Å². The number of nitrogens with zero attached hydrogens (tertiary/aromatic N) is 8. The summed E-state index contributed by atoms with van der Waals surface area (Å²) in [7, 11) is 0. The highest BCUT2D eigenvalue weighted by Crippen LogP contribution is 2.40. The number of hydrogen-bond acceptors (Lipinski definition) is 11. The summed E-state index contributed by atoms with van der Waals surface area (Å²) in [5, 5.41) is 65.2. The Balaban J connectivity index is 1.43. The van der Waals surface area contributed by atoms with Crippen molar-refractivity contribution < 1.29 is 9.53 Å². The Labute approximate surface area is 534 Å². The van der Waals surface area contributed by atoms with E-state index in [1.165, 1.54) is 0 Å². The molecule has 1 aliphatic rings. The van der Waals surface area contributed by atoms with Crippen molar-refractivity contribution in [1.82, 2.24) is 15.0 Å². The van der Waals surface area contributed by atoms with Crippen molar-refractivity contribution in [2.24, 2.45) is 5.73 Å². The van der Waals surface area contributed by atoms with Gasteiger partial charge in [0.15, 0.2) is 0 Å². The minimum Gasteiger partial charge on any atom is -0.462 e. The first-order valence-corrected chi connectivity index (χ1v) is 31.1. The van der Waals surface area contributed by atoms with Crippen LogP contribution in [0.4, 0.5) is 5.69 Å². The number of aryl methyl sites for hydroxylation is 1. The highest BCUT2D eigenvalue weighted by atomic mass is 16.5. The third kappa shape index (κ3) is 17.3. The van der Waals surface area contributed by atoms with Crippen LogP contribution in [0, 0.1) is 56.7 Å². The maximum absolute atomic E-state index is 11.6. The molecular formula is C78H86N10O2. The lowest BCUT2D eigenvalue weighted by atomic mass is 9.81. The van der Waals surface area contributed by atoms with E-state index < -0.39 is 10.8 Å². The van der Waals surface area contributed by atoms with Gasteiger partial charge in [-0.3, -0.25) is 4.68 Å². The summed E-state index contributed by atoms with van der Waals surface area (Å²) in [4.78, 5) is 11.6. The van der Waals surface area contributed by atoms with Gasteiger partial charge in [0.1, 0.15) is 11.8 Å². The van der Waals surface area contributed by atoms with E-state index >= 15 is 0 Å². The summed E-state index contributed by atoms with van der Waals surface area (Å²) in [6.45, 7) is 31.5. The number of fused-ring (bicyclic) bond motifs is 10. The molecule has 0 unspecified atom stereocenters. The van der Waals surface area contributed by atoms with E-state index in [0.29, 0.717) is 96.8 Å². The third-order valence-electron chi connectivity index (χ3n) is 16.3. The molecule has 0 fully saturated rings. The van der Waals surface area contributed by atoms with Crippen molar-refractivity contribution in [3.63, 3.8) is 0 Å². The zero-order chi connectivity index (χ0) is 65.9. The Kier molecular flexibility index (Phi) is 21.5.